The van der Waals surface area contributed by atoms with Crippen LogP contribution in [0, 0.1) is 11.3 Å². The van der Waals surface area contributed by atoms with Gasteiger partial charge >= 0.3 is 0 Å². The van der Waals surface area contributed by atoms with Crippen molar-refractivity contribution in [3.05, 3.63) is 29.8 Å². The van der Waals surface area contributed by atoms with Crippen LogP contribution < -0.4 is 10.0 Å². The molecule has 0 aromatic heterocycles. The van der Waals surface area contributed by atoms with E-state index in [0.29, 0.717) is 24.1 Å². The summed E-state index contributed by atoms with van der Waals surface area (Å²) in [6.45, 7) is 7.93. The van der Waals surface area contributed by atoms with Crippen molar-refractivity contribution >= 4 is 21.5 Å². The number of nitrogens with one attached hydrogen (secondary N) is 2. The quantitative estimate of drug-likeness (QED) is 0.783. The molecule has 0 saturated carbocycles. The molecule has 2 aliphatic heterocycles. The van der Waals surface area contributed by atoms with Crippen LogP contribution in [-0.2, 0) is 21.2 Å². The number of ketones is 1. The number of piperidine rings is 2. The van der Waals surface area contributed by atoms with E-state index in [-0.39, 0.29) is 11.2 Å². The lowest BCUT2D eigenvalue weighted by Gasteiger charge is -2.50. The van der Waals surface area contributed by atoms with Crippen LogP contribution in [0.4, 0.5) is 5.69 Å². The number of hydrogen-bond acceptors (Lipinski definition) is 5. The molecule has 0 aliphatic carbocycles. The van der Waals surface area contributed by atoms with Crippen LogP contribution in [0.25, 0.3) is 0 Å². The molecule has 7 heteroatoms. The highest BCUT2D eigenvalue weighted by Crippen LogP contribution is 2.38. The number of nitrogens with zero attached hydrogens (tertiary/aromatic N) is 1. The van der Waals surface area contributed by atoms with Crippen LogP contribution in [0.2, 0.25) is 0 Å². The molecule has 2 heterocycles. The van der Waals surface area contributed by atoms with Crippen molar-refractivity contribution in [2.45, 2.75) is 32.7 Å². The Bertz CT molecular complexity index is 778. The summed E-state index contributed by atoms with van der Waals surface area (Å²) in [7, 11) is -3.33. The van der Waals surface area contributed by atoms with E-state index in [1.54, 1.807) is 18.2 Å². The van der Waals surface area contributed by atoms with Gasteiger partial charge in [-0.05, 0) is 50.4 Å². The van der Waals surface area contributed by atoms with Gasteiger partial charge in [0.15, 0.2) is 0 Å². The van der Waals surface area contributed by atoms with Gasteiger partial charge in [-0.1, -0.05) is 12.1 Å². The third-order valence-corrected chi connectivity index (χ3v) is 6.10. The predicted molar refractivity (Wildman–Crippen MR) is 104 cm³/mol. The number of likely N-dealkylation sites (tertiary alicyclic amines) is 1. The van der Waals surface area contributed by atoms with Crippen molar-refractivity contribution in [1.82, 2.24) is 10.2 Å². The zero-order chi connectivity index (χ0) is 18.9. The summed E-state index contributed by atoms with van der Waals surface area (Å²) in [4.78, 5) is 15.7. The van der Waals surface area contributed by atoms with Crippen molar-refractivity contribution in [3.8, 4) is 0 Å². The molecule has 2 fully saturated rings. The van der Waals surface area contributed by atoms with Gasteiger partial charge < -0.3 is 5.32 Å². The smallest absolute Gasteiger partial charge is 0.229 e. The number of anilines is 1. The maximum Gasteiger partial charge on any atom is 0.229 e. The first-order chi connectivity index (χ1) is 12.2. The lowest BCUT2D eigenvalue weighted by molar-refractivity contribution is -0.135. The first-order valence-electron chi connectivity index (χ1n) is 9.22. The zero-order valence-electron chi connectivity index (χ0n) is 15.8. The van der Waals surface area contributed by atoms with Crippen LogP contribution >= 0.6 is 0 Å². The standard InChI is InChI=1S/C19H29N3O3S/c1-14(2)22-11-16-9-19(13-22,12-20-10-16)18(23)8-15-5-4-6-17(7-15)21-26(3,24)25/h4-7,14,16,20-21H,8-13H2,1-3H3. The Morgan fingerprint density at radius 2 is 2.19 bits per heavy atom. The molecule has 0 spiro atoms. The molecule has 2 atom stereocenters. The van der Waals surface area contributed by atoms with Gasteiger partial charge in [-0.2, -0.15) is 0 Å². The van der Waals surface area contributed by atoms with Crippen LogP contribution in [0.3, 0.4) is 0 Å². The first kappa shape index (κ1) is 19.3. The summed E-state index contributed by atoms with van der Waals surface area (Å²) < 4.78 is 25.3. The molecule has 2 saturated heterocycles. The molecule has 3 rings (SSSR count). The monoisotopic (exact) mass is 379 g/mol. The fourth-order valence-corrected chi connectivity index (χ4v) is 4.83. The maximum absolute atomic E-state index is 13.3. The second-order valence-corrected chi connectivity index (χ2v) is 9.93. The molecule has 144 valence electrons. The minimum absolute atomic E-state index is 0.247. The van der Waals surface area contributed by atoms with Crippen molar-refractivity contribution < 1.29 is 13.2 Å². The van der Waals surface area contributed by atoms with Gasteiger partial charge in [-0.25, -0.2) is 8.42 Å². The van der Waals surface area contributed by atoms with E-state index in [0.717, 1.165) is 44.4 Å². The van der Waals surface area contributed by atoms with Crippen LogP contribution in [0.15, 0.2) is 24.3 Å². The number of benzene rings is 1. The van der Waals surface area contributed by atoms with E-state index in [1.165, 1.54) is 0 Å². The Kier molecular flexibility index (Phi) is 5.42. The summed E-state index contributed by atoms with van der Waals surface area (Å²) in [5.74, 6) is 0.763. The third-order valence-electron chi connectivity index (χ3n) is 5.49. The van der Waals surface area contributed by atoms with Crippen molar-refractivity contribution in [1.29, 1.82) is 0 Å². The minimum atomic E-state index is -3.33. The lowest BCUT2D eigenvalue weighted by Crippen LogP contribution is -2.62. The molecule has 2 N–H and O–H groups in total. The minimum Gasteiger partial charge on any atom is -0.315 e. The number of Topliss-reactive ketones (excluding diaryl/α,β-unsaturated/α-hetero) is 1. The second kappa shape index (κ2) is 7.29. The molecule has 2 bridgehead atoms. The average molecular weight is 380 g/mol. The third kappa shape index (κ3) is 4.45. The molecule has 2 aliphatic rings. The molecule has 1 aromatic carbocycles. The number of hydrogen-bond donors (Lipinski definition) is 2. The summed E-state index contributed by atoms with van der Waals surface area (Å²) >= 11 is 0. The van der Waals surface area contributed by atoms with E-state index in [1.807, 2.05) is 6.07 Å². The van der Waals surface area contributed by atoms with E-state index in [9.17, 15) is 13.2 Å². The van der Waals surface area contributed by atoms with Gasteiger partial charge in [0, 0.05) is 37.8 Å². The maximum atomic E-state index is 13.3. The Morgan fingerprint density at radius 1 is 1.42 bits per heavy atom. The number of sulfonamides is 1. The summed E-state index contributed by atoms with van der Waals surface area (Å²) in [5.41, 5.74) is 1.01. The fourth-order valence-electron chi connectivity index (χ4n) is 4.27. The van der Waals surface area contributed by atoms with Gasteiger partial charge in [0.2, 0.25) is 10.0 Å². The summed E-state index contributed by atoms with van der Waals surface area (Å²) in [5, 5.41) is 3.46. The van der Waals surface area contributed by atoms with Crippen LogP contribution in [0.5, 0.6) is 0 Å². The summed E-state index contributed by atoms with van der Waals surface area (Å²) in [6, 6.07) is 7.57. The predicted octanol–water partition coefficient (Wildman–Crippen LogP) is 1.49. The molecule has 0 amide bonds. The Balaban J connectivity index is 1.77. The van der Waals surface area contributed by atoms with Gasteiger partial charge in [0.05, 0.1) is 11.7 Å². The highest BCUT2D eigenvalue weighted by molar-refractivity contribution is 7.92. The number of carbonyl (C=O) groups excluding carboxylic acids is 1. The fraction of sp³-hybridized carbons (Fsp3) is 0.632. The largest absolute Gasteiger partial charge is 0.315 e. The molecule has 26 heavy (non-hydrogen) atoms. The molecule has 0 radical (unpaired) electrons. The van der Waals surface area contributed by atoms with E-state index >= 15 is 0 Å². The first-order valence-corrected chi connectivity index (χ1v) is 11.1. The molecule has 6 nitrogen and oxygen atoms in total. The highest BCUT2D eigenvalue weighted by Gasteiger charge is 2.47. The SMILES string of the molecule is CC(C)N1CC2CNCC(C(=O)Cc3cccc(NS(C)(=O)=O)c3)(C2)C1. The van der Waals surface area contributed by atoms with Gasteiger partial charge in [-0.3, -0.25) is 14.4 Å². The lowest BCUT2D eigenvalue weighted by atomic mass is 9.68. The average Bonchev–Trinajstić information content (AvgIpc) is 2.53. The van der Waals surface area contributed by atoms with Gasteiger partial charge in [-0.15, -0.1) is 0 Å². The zero-order valence-corrected chi connectivity index (χ0v) is 16.6. The Labute approximate surface area is 156 Å². The number of rotatable bonds is 6. The van der Waals surface area contributed by atoms with Crippen molar-refractivity contribution in [2.24, 2.45) is 11.3 Å². The molecular weight excluding hydrogens is 350 g/mol. The highest BCUT2D eigenvalue weighted by atomic mass is 32.2. The van der Waals surface area contributed by atoms with E-state index in [2.05, 4.69) is 28.8 Å². The Morgan fingerprint density at radius 3 is 2.88 bits per heavy atom. The van der Waals surface area contributed by atoms with Gasteiger partial charge in [0.25, 0.3) is 0 Å². The molecule has 2 unspecified atom stereocenters. The van der Waals surface area contributed by atoms with Gasteiger partial charge in [0.1, 0.15) is 5.78 Å². The van der Waals surface area contributed by atoms with Crippen LogP contribution in [-0.4, -0.2) is 57.6 Å². The van der Waals surface area contributed by atoms with Crippen molar-refractivity contribution in [2.75, 3.05) is 37.2 Å². The number of carbonyl (C=O) groups is 1. The van der Waals surface area contributed by atoms with Crippen LogP contribution in [0.1, 0.15) is 25.8 Å². The molecular formula is C19H29N3O3S. The second-order valence-electron chi connectivity index (χ2n) is 8.18. The molecule has 1 aromatic rings. The van der Waals surface area contributed by atoms with E-state index in [4.69, 9.17) is 0 Å². The number of fused-ring (bicyclic) bond motifs is 2. The summed E-state index contributed by atoms with van der Waals surface area (Å²) in [6.07, 6.45) is 2.41. The topological polar surface area (TPSA) is 78.5 Å². The Hall–Kier alpha value is -1.44. The van der Waals surface area contributed by atoms with E-state index < -0.39 is 10.0 Å². The normalized spacial score (nSPS) is 26.7. The van der Waals surface area contributed by atoms with Crippen molar-refractivity contribution in [3.63, 3.8) is 0 Å².